The highest BCUT2D eigenvalue weighted by molar-refractivity contribution is 5.82. The van der Waals surface area contributed by atoms with Crippen LogP contribution in [0.5, 0.6) is 0 Å². The highest BCUT2D eigenvalue weighted by atomic mass is 15.3. The predicted octanol–water partition coefficient (Wildman–Crippen LogP) is 1.07. The highest BCUT2D eigenvalue weighted by Crippen LogP contribution is 2.23. The van der Waals surface area contributed by atoms with Gasteiger partial charge in [0.05, 0.1) is 6.33 Å². The molecule has 1 N–H and O–H groups in total. The van der Waals surface area contributed by atoms with Crippen LogP contribution in [-0.4, -0.2) is 69.2 Å². The quantitative estimate of drug-likeness (QED) is 0.749. The minimum Gasteiger partial charge on any atom is -0.353 e. The Hall–Kier alpha value is -2.97. The number of aromatic amines is 1. The van der Waals surface area contributed by atoms with Crippen molar-refractivity contribution in [1.29, 1.82) is 0 Å². The molecule has 0 saturated carbocycles. The van der Waals surface area contributed by atoms with Crippen molar-refractivity contribution in [3.05, 3.63) is 24.9 Å². The maximum absolute atomic E-state index is 4.80. The molecule has 0 atom stereocenters. The van der Waals surface area contributed by atoms with Crippen molar-refractivity contribution in [2.24, 2.45) is 0 Å². The minimum absolute atomic E-state index is 0.712. The Morgan fingerprint density at radius 3 is 2.46 bits per heavy atom. The number of rotatable bonds is 3. The Bertz CT molecular complexity index is 894. The predicted molar refractivity (Wildman–Crippen MR) is 99.6 cm³/mol. The number of piperazine rings is 1. The molecule has 2 aliphatic heterocycles. The first kappa shape index (κ1) is 15.3. The van der Waals surface area contributed by atoms with Gasteiger partial charge in [-0.05, 0) is 18.9 Å². The van der Waals surface area contributed by atoms with Gasteiger partial charge in [0.1, 0.15) is 17.7 Å². The summed E-state index contributed by atoms with van der Waals surface area (Å²) in [6.45, 7) is 5.69. The number of aromatic nitrogens is 6. The lowest BCUT2D eigenvalue weighted by atomic mass is 10.3. The summed E-state index contributed by atoms with van der Waals surface area (Å²) in [5.41, 5.74) is 1.61. The Kier molecular flexibility index (Phi) is 3.76. The van der Waals surface area contributed by atoms with Crippen molar-refractivity contribution in [2.45, 2.75) is 12.8 Å². The Labute approximate surface area is 151 Å². The summed E-state index contributed by atoms with van der Waals surface area (Å²) in [6.07, 6.45) is 7.58. The number of hydrogen-bond acceptors (Lipinski definition) is 8. The summed E-state index contributed by atoms with van der Waals surface area (Å²) in [4.78, 5) is 32.2. The Morgan fingerprint density at radius 2 is 1.62 bits per heavy atom. The lowest BCUT2D eigenvalue weighted by Gasteiger charge is -2.36. The molecule has 3 aromatic rings. The van der Waals surface area contributed by atoms with Crippen LogP contribution in [0.4, 0.5) is 17.6 Å². The van der Waals surface area contributed by atoms with E-state index in [0.29, 0.717) is 5.65 Å². The van der Waals surface area contributed by atoms with Crippen LogP contribution in [-0.2, 0) is 0 Å². The van der Waals surface area contributed by atoms with Crippen molar-refractivity contribution in [3.8, 4) is 0 Å². The van der Waals surface area contributed by atoms with Gasteiger partial charge in [0.2, 0.25) is 5.95 Å². The third-order valence-corrected chi connectivity index (χ3v) is 5.12. The molecule has 9 heteroatoms. The van der Waals surface area contributed by atoms with Gasteiger partial charge in [0.15, 0.2) is 11.5 Å². The molecular weight excluding hydrogens is 330 g/mol. The Morgan fingerprint density at radius 1 is 0.808 bits per heavy atom. The monoisotopic (exact) mass is 351 g/mol. The fraction of sp³-hybridized carbons (Fsp3) is 0.471. The average Bonchev–Trinajstić information content (AvgIpc) is 3.40. The van der Waals surface area contributed by atoms with Crippen molar-refractivity contribution in [3.63, 3.8) is 0 Å². The molecule has 5 heterocycles. The molecule has 134 valence electrons. The molecule has 0 spiro atoms. The maximum atomic E-state index is 4.80. The molecule has 5 rings (SSSR count). The molecule has 0 aliphatic carbocycles. The fourth-order valence-electron chi connectivity index (χ4n) is 3.72. The minimum atomic E-state index is 0.712. The summed E-state index contributed by atoms with van der Waals surface area (Å²) < 4.78 is 0. The van der Waals surface area contributed by atoms with Gasteiger partial charge in [-0.2, -0.15) is 4.98 Å². The van der Waals surface area contributed by atoms with E-state index in [1.165, 1.54) is 12.8 Å². The number of H-pyrrole nitrogens is 1. The number of fused-ring (bicyclic) bond motifs is 1. The third-order valence-electron chi connectivity index (χ3n) is 5.12. The molecule has 0 unspecified atom stereocenters. The van der Waals surface area contributed by atoms with Crippen molar-refractivity contribution < 1.29 is 0 Å². The van der Waals surface area contributed by atoms with E-state index in [1.54, 1.807) is 12.7 Å². The second-order valence-corrected chi connectivity index (χ2v) is 6.68. The van der Waals surface area contributed by atoms with Crippen LogP contribution in [0.1, 0.15) is 12.8 Å². The van der Waals surface area contributed by atoms with E-state index in [0.717, 1.165) is 62.4 Å². The normalized spacial score (nSPS) is 18.1. The average molecular weight is 351 g/mol. The molecule has 0 radical (unpaired) electrons. The fourth-order valence-corrected chi connectivity index (χ4v) is 3.72. The summed E-state index contributed by atoms with van der Waals surface area (Å²) in [5, 5.41) is 0. The van der Waals surface area contributed by atoms with Gasteiger partial charge in [-0.15, -0.1) is 0 Å². The molecule has 0 aromatic carbocycles. The van der Waals surface area contributed by atoms with Crippen LogP contribution < -0.4 is 14.7 Å². The first-order valence-electron chi connectivity index (χ1n) is 9.10. The van der Waals surface area contributed by atoms with Gasteiger partial charge in [0, 0.05) is 45.5 Å². The van der Waals surface area contributed by atoms with Crippen LogP contribution in [0.15, 0.2) is 24.9 Å². The Balaban J connectivity index is 1.31. The zero-order valence-corrected chi connectivity index (χ0v) is 14.5. The third kappa shape index (κ3) is 2.69. The summed E-state index contributed by atoms with van der Waals surface area (Å²) in [6, 6.07) is 2.01. The molecule has 0 amide bonds. The number of nitrogens with one attached hydrogen (secondary N) is 1. The molecule has 2 saturated heterocycles. The largest absolute Gasteiger partial charge is 0.353 e. The van der Waals surface area contributed by atoms with Gasteiger partial charge in [-0.3, -0.25) is 0 Å². The van der Waals surface area contributed by atoms with Gasteiger partial charge in [0.25, 0.3) is 0 Å². The van der Waals surface area contributed by atoms with Crippen molar-refractivity contribution in [1.82, 2.24) is 29.9 Å². The zero-order chi connectivity index (χ0) is 17.3. The van der Waals surface area contributed by atoms with E-state index in [-0.39, 0.29) is 0 Å². The molecule has 3 aromatic heterocycles. The van der Waals surface area contributed by atoms with Gasteiger partial charge in [-0.1, -0.05) is 0 Å². The van der Waals surface area contributed by atoms with Crippen molar-refractivity contribution >= 4 is 28.7 Å². The maximum Gasteiger partial charge on any atom is 0.227 e. The van der Waals surface area contributed by atoms with Gasteiger partial charge in [-0.25, -0.2) is 19.9 Å². The van der Waals surface area contributed by atoms with Crippen LogP contribution >= 0.6 is 0 Å². The lowest BCUT2D eigenvalue weighted by Crippen LogP contribution is -2.47. The lowest BCUT2D eigenvalue weighted by molar-refractivity contribution is 0.641. The molecule has 0 bridgehead atoms. The highest BCUT2D eigenvalue weighted by Gasteiger charge is 2.23. The first-order chi connectivity index (χ1) is 12.9. The summed E-state index contributed by atoms with van der Waals surface area (Å²) in [5.74, 6) is 2.79. The van der Waals surface area contributed by atoms with E-state index < -0.39 is 0 Å². The second-order valence-electron chi connectivity index (χ2n) is 6.68. The number of hydrogen-bond donors (Lipinski definition) is 1. The molecule has 2 aliphatic rings. The zero-order valence-electron chi connectivity index (χ0n) is 14.5. The van der Waals surface area contributed by atoms with Gasteiger partial charge < -0.3 is 19.7 Å². The van der Waals surface area contributed by atoms with E-state index >= 15 is 0 Å². The standard InChI is InChI=1S/C17H21N9/c1-2-6-26(5-1)17-18-4-3-13(23-17)24-7-9-25(10-8-24)16-14-15(20-11-19-14)21-12-22-16/h3-4,11-12H,1-2,5-10H2,(H,19,20,21,22). The topological polar surface area (TPSA) is 90.0 Å². The number of imidazole rings is 1. The van der Waals surface area contributed by atoms with E-state index in [9.17, 15) is 0 Å². The van der Waals surface area contributed by atoms with Crippen LogP contribution in [0, 0.1) is 0 Å². The smallest absolute Gasteiger partial charge is 0.227 e. The van der Waals surface area contributed by atoms with E-state index in [4.69, 9.17) is 4.98 Å². The molecular formula is C17H21N9. The number of nitrogens with zero attached hydrogens (tertiary/aromatic N) is 8. The number of anilines is 3. The first-order valence-corrected chi connectivity index (χ1v) is 9.10. The molecule has 26 heavy (non-hydrogen) atoms. The SMILES string of the molecule is c1cc(N2CCN(c3ncnc4nc[nH]c34)CC2)nc(N2CCCC2)n1. The molecule has 9 nitrogen and oxygen atoms in total. The summed E-state index contributed by atoms with van der Waals surface area (Å²) in [7, 11) is 0. The van der Waals surface area contributed by atoms with Crippen LogP contribution in [0.2, 0.25) is 0 Å². The van der Waals surface area contributed by atoms with Crippen LogP contribution in [0.3, 0.4) is 0 Å². The summed E-state index contributed by atoms with van der Waals surface area (Å²) >= 11 is 0. The van der Waals surface area contributed by atoms with E-state index in [1.807, 2.05) is 12.3 Å². The molecule has 2 fully saturated rings. The van der Waals surface area contributed by atoms with Crippen molar-refractivity contribution in [2.75, 3.05) is 54.0 Å². The second kappa shape index (κ2) is 6.40. The van der Waals surface area contributed by atoms with Gasteiger partial charge >= 0.3 is 0 Å². The van der Waals surface area contributed by atoms with Crippen LogP contribution in [0.25, 0.3) is 11.2 Å². The van der Waals surface area contributed by atoms with E-state index in [2.05, 4.69) is 39.6 Å².